The van der Waals surface area contributed by atoms with E-state index in [1.165, 1.54) is 11.3 Å². The summed E-state index contributed by atoms with van der Waals surface area (Å²) in [6.45, 7) is 0.584. The zero-order valence-corrected chi connectivity index (χ0v) is 14.1. The Labute approximate surface area is 142 Å². The van der Waals surface area contributed by atoms with Gasteiger partial charge in [-0.05, 0) is 48.2 Å². The van der Waals surface area contributed by atoms with Crippen molar-refractivity contribution >= 4 is 23.9 Å². The van der Waals surface area contributed by atoms with Crippen molar-refractivity contribution in [1.29, 1.82) is 0 Å². The van der Waals surface area contributed by atoms with E-state index in [4.69, 9.17) is 5.73 Å². The second-order valence-corrected chi connectivity index (χ2v) is 6.08. The molecule has 0 fully saturated rings. The molecule has 0 bridgehead atoms. The number of hydrogen-bond donors (Lipinski definition) is 1. The molecule has 24 heavy (non-hydrogen) atoms. The van der Waals surface area contributed by atoms with E-state index >= 15 is 0 Å². The minimum absolute atomic E-state index is 0.0402. The molecule has 0 saturated carbocycles. The topological polar surface area (TPSA) is 64.2 Å². The summed E-state index contributed by atoms with van der Waals surface area (Å²) in [5.41, 5.74) is 10.2. The van der Waals surface area contributed by atoms with Gasteiger partial charge >= 0.3 is 0 Å². The number of carbonyl (C=O) groups excluding carboxylic acids is 1. The predicted molar refractivity (Wildman–Crippen MR) is 96.9 cm³/mol. The zero-order valence-electron chi connectivity index (χ0n) is 14.1. The smallest absolute Gasteiger partial charge is 0.246 e. The van der Waals surface area contributed by atoms with Crippen LogP contribution in [-0.4, -0.2) is 27.4 Å². The van der Waals surface area contributed by atoms with Gasteiger partial charge in [-0.25, -0.2) is 4.98 Å². The standard InChI is InChI=1S/C19H22N4O/c1-22(19(24)10-8-14-7-9-18(20)21-12-14)13-16-11-15-5-3-4-6-17(15)23(16)2/h3,5,7-12H,4,6,13H2,1-2H3,(H2,20,21)/b10-8+. The SMILES string of the molecule is CN(Cc1cc2c(n1C)CCC=C2)C(=O)/C=C/c1ccc(N)nc1. The van der Waals surface area contributed by atoms with Crippen molar-refractivity contribution < 1.29 is 4.79 Å². The number of allylic oxidation sites excluding steroid dienone is 1. The molecule has 0 unspecified atom stereocenters. The molecule has 0 aromatic carbocycles. The molecule has 0 spiro atoms. The molecule has 3 rings (SSSR count). The molecule has 0 saturated heterocycles. The van der Waals surface area contributed by atoms with Gasteiger partial charge in [-0.2, -0.15) is 0 Å². The lowest BCUT2D eigenvalue weighted by atomic mass is 10.1. The average Bonchev–Trinajstić information content (AvgIpc) is 2.90. The molecule has 1 aliphatic carbocycles. The number of carbonyl (C=O) groups is 1. The Morgan fingerprint density at radius 2 is 2.29 bits per heavy atom. The van der Waals surface area contributed by atoms with Crippen molar-refractivity contribution in [2.24, 2.45) is 7.05 Å². The molecular formula is C19H22N4O. The van der Waals surface area contributed by atoms with Gasteiger partial charge in [-0.1, -0.05) is 12.2 Å². The Morgan fingerprint density at radius 3 is 3.00 bits per heavy atom. The monoisotopic (exact) mass is 322 g/mol. The van der Waals surface area contributed by atoms with Gasteiger partial charge in [0, 0.05) is 37.8 Å². The minimum Gasteiger partial charge on any atom is -0.384 e. The first-order valence-electron chi connectivity index (χ1n) is 8.03. The Hall–Kier alpha value is -2.82. The van der Waals surface area contributed by atoms with E-state index in [0.717, 1.165) is 24.1 Å². The molecule has 2 aromatic heterocycles. The van der Waals surface area contributed by atoms with E-state index in [2.05, 4.69) is 34.8 Å². The summed E-state index contributed by atoms with van der Waals surface area (Å²) in [6.07, 6.45) is 11.5. The number of nitrogens with zero attached hydrogens (tertiary/aromatic N) is 3. The molecule has 2 aromatic rings. The number of amides is 1. The number of nitrogens with two attached hydrogens (primary N) is 1. The predicted octanol–water partition coefficient (Wildman–Crippen LogP) is 2.63. The maximum absolute atomic E-state index is 12.3. The first-order valence-corrected chi connectivity index (χ1v) is 8.03. The van der Waals surface area contributed by atoms with Crippen LogP contribution in [0.3, 0.4) is 0 Å². The molecule has 1 amide bonds. The van der Waals surface area contributed by atoms with Crippen LogP contribution in [0.5, 0.6) is 0 Å². The van der Waals surface area contributed by atoms with Gasteiger partial charge in [0.15, 0.2) is 0 Å². The van der Waals surface area contributed by atoms with Crippen molar-refractivity contribution in [3.8, 4) is 0 Å². The summed E-state index contributed by atoms with van der Waals surface area (Å²) in [5, 5.41) is 0. The molecule has 5 nitrogen and oxygen atoms in total. The summed E-state index contributed by atoms with van der Waals surface area (Å²) in [6, 6.07) is 5.72. The van der Waals surface area contributed by atoms with Crippen molar-refractivity contribution in [3.63, 3.8) is 0 Å². The van der Waals surface area contributed by atoms with E-state index in [1.54, 1.807) is 29.3 Å². The fourth-order valence-electron chi connectivity index (χ4n) is 2.90. The second kappa shape index (κ2) is 6.74. The lowest BCUT2D eigenvalue weighted by Crippen LogP contribution is -2.25. The van der Waals surface area contributed by atoms with E-state index in [0.29, 0.717) is 12.4 Å². The Kier molecular flexibility index (Phi) is 4.51. The lowest BCUT2D eigenvalue weighted by Gasteiger charge is -2.16. The number of likely N-dealkylation sites (N-methyl/N-ethyl adjacent to an activating group) is 1. The summed E-state index contributed by atoms with van der Waals surface area (Å²) in [5.74, 6) is 0.429. The molecule has 1 aliphatic rings. The maximum Gasteiger partial charge on any atom is 0.246 e. The summed E-state index contributed by atoms with van der Waals surface area (Å²) >= 11 is 0. The first-order chi connectivity index (χ1) is 11.5. The molecule has 2 N–H and O–H groups in total. The quantitative estimate of drug-likeness (QED) is 0.880. The third kappa shape index (κ3) is 3.40. The molecular weight excluding hydrogens is 300 g/mol. The number of nitrogen functional groups attached to an aromatic ring is 1. The highest BCUT2D eigenvalue weighted by Crippen LogP contribution is 2.23. The number of aromatic nitrogens is 2. The number of pyridine rings is 1. The lowest BCUT2D eigenvalue weighted by molar-refractivity contribution is -0.125. The van der Waals surface area contributed by atoms with Gasteiger partial charge < -0.3 is 15.2 Å². The Morgan fingerprint density at radius 1 is 1.46 bits per heavy atom. The molecule has 124 valence electrons. The average molecular weight is 322 g/mol. The van der Waals surface area contributed by atoms with Gasteiger partial charge in [-0.15, -0.1) is 0 Å². The number of hydrogen-bond acceptors (Lipinski definition) is 3. The Bertz CT molecular complexity index is 800. The Balaban J connectivity index is 1.67. The first kappa shape index (κ1) is 16.1. The van der Waals surface area contributed by atoms with Crippen LogP contribution in [-0.2, 0) is 24.8 Å². The third-order valence-corrected chi connectivity index (χ3v) is 4.34. The number of anilines is 1. The van der Waals surface area contributed by atoms with E-state index in [1.807, 2.05) is 13.1 Å². The largest absolute Gasteiger partial charge is 0.384 e. The summed E-state index contributed by atoms with van der Waals surface area (Å²) < 4.78 is 2.20. The summed E-state index contributed by atoms with van der Waals surface area (Å²) in [7, 11) is 3.89. The van der Waals surface area contributed by atoms with E-state index in [9.17, 15) is 4.79 Å². The van der Waals surface area contributed by atoms with Crippen molar-refractivity contribution in [3.05, 3.63) is 59.1 Å². The minimum atomic E-state index is -0.0402. The van der Waals surface area contributed by atoms with Crippen LogP contribution >= 0.6 is 0 Å². The molecule has 0 atom stereocenters. The molecule has 0 radical (unpaired) electrons. The van der Waals surface area contributed by atoms with Gasteiger partial charge in [0.2, 0.25) is 5.91 Å². The van der Waals surface area contributed by atoms with Gasteiger partial charge in [0.05, 0.1) is 6.54 Å². The third-order valence-electron chi connectivity index (χ3n) is 4.34. The highest BCUT2D eigenvalue weighted by molar-refractivity contribution is 5.91. The zero-order chi connectivity index (χ0) is 17.1. The van der Waals surface area contributed by atoms with Crippen LogP contribution in [0.15, 0.2) is 36.5 Å². The van der Waals surface area contributed by atoms with Gasteiger partial charge in [0.25, 0.3) is 0 Å². The number of fused-ring (bicyclic) bond motifs is 1. The van der Waals surface area contributed by atoms with Crippen LogP contribution in [0, 0.1) is 0 Å². The maximum atomic E-state index is 12.3. The van der Waals surface area contributed by atoms with Gasteiger partial charge in [-0.3, -0.25) is 4.79 Å². The highest BCUT2D eigenvalue weighted by Gasteiger charge is 2.15. The molecule has 5 heteroatoms. The second-order valence-electron chi connectivity index (χ2n) is 6.08. The van der Waals surface area contributed by atoms with Crippen molar-refractivity contribution in [2.45, 2.75) is 19.4 Å². The van der Waals surface area contributed by atoms with Gasteiger partial charge in [0.1, 0.15) is 5.82 Å². The van der Waals surface area contributed by atoms with Crippen molar-refractivity contribution in [1.82, 2.24) is 14.5 Å². The fraction of sp³-hybridized carbons (Fsp3) is 0.263. The van der Waals surface area contributed by atoms with E-state index < -0.39 is 0 Å². The normalized spacial score (nSPS) is 13.2. The molecule has 2 heterocycles. The highest BCUT2D eigenvalue weighted by atomic mass is 16.2. The fourth-order valence-corrected chi connectivity index (χ4v) is 2.90. The van der Waals surface area contributed by atoms with Crippen LogP contribution < -0.4 is 5.73 Å². The summed E-state index contributed by atoms with van der Waals surface area (Å²) in [4.78, 5) is 18.0. The van der Waals surface area contributed by atoms with Crippen LogP contribution in [0.2, 0.25) is 0 Å². The molecule has 0 aliphatic heterocycles. The van der Waals surface area contributed by atoms with E-state index in [-0.39, 0.29) is 5.91 Å². The van der Waals surface area contributed by atoms with Crippen molar-refractivity contribution in [2.75, 3.05) is 12.8 Å². The van der Waals surface area contributed by atoms with Crippen LogP contribution in [0.4, 0.5) is 5.82 Å². The van der Waals surface area contributed by atoms with Crippen LogP contribution in [0.1, 0.15) is 28.9 Å². The number of rotatable bonds is 4. The van der Waals surface area contributed by atoms with Crippen LogP contribution in [0.25, 0.3) is 12.2 Å².